The number of carbonyl (C=O) groups is 1. The molecule has 0 spiro atoms. The molecular formula is C12H30O5Si4. The predicted molar refractivity (Wildman–Crippen MR) is 96.6 cm³/mol. The van der Waals surface area contributed by atoms with Gasteiger partial charge in [0.15, 0.2) is 33.2 Å². The molecule has 0 aliphatic carbocycles. The van der Waals surface area contributed by atoms with Gasteiger partial charge in [-0.3, -0.25) is 0 Å². The molecule has 0 atom stereocenters. The topological polar surface area (TPSA) is 54.0 Å². The summed E-state index contributed by atoms with van der Waals surface area (Å²) in [5.74, 6) is -0.415. The molecule has 0 saturated carbocycles. The van der Waals surface area contributed by atoms with E-state index in [2.05, 4.69) is 39.3 Å². The van der Waals surface area contributed by atoms with Gasteiger partial charge in [-0.05, 0) is 45.3 Å². The van der Waals surface area contributed by atoms with Crippen molar-refractivity contribution in [3.63, 3.8) is 0 Å². The summed E-state index contributed by atoms with van der Waals surface area (Å²) in [4.78, 5) is 11.1. The molecule has 9 heteroatoms. The molecular weight excluding hydrogens is 336 g/mol. The van der Waals surface area contributed by atoms with Gasteiger partial charge in [0.1, 0.15) is 9.76 Å². The van der Waals surface area contributed by atoms with Crippen LogP contribution in [0.15, 0.2) is 12.2 Å². The van der Waals surface area contributed by atoms with Gasteiger partial charge < -0.3 is 17.7 Å². The summed E-state index contributed by atoms with van der Waals surface area (Å²) < 4.78 is 22.2. The number of ether oxygens (including phenoxy) is 2. The Bertz CT molecular complexity index is 341. The zero-order valence-corrected chi connectivity index (χ0v) is 19.1. The van der Waals surface area contributed by atoms with E-state index < -0.39 is 42.1 Å². The fourth-order valence-corrected chi connectivity index (χ4v) is 11.7. The van der Waals surface area contributed by atoms with Crippen molar-refractivity contribution in [1.82, 2.24) is 0 Å². The Labute approximate surface area is 135 Å². The Kier molecular flexibility index (Phi) is 9.85. The Morgan fingerprint density at radius 2 is 1.71 bits per heavy atom. The Balaban J connectivity index is 3.66. The molecule has 0 aliphatic heterocycles. The van der Waals surface area contributed by atoms with Gasteiger partial charge in [0, 0.05) is 5.57 Å². The lowest BCUT2D eigenvalue weighted by atomic mass is 10.4. The maximum Gasteiger partial charge on any atom is 0.335 e. The minimum absolute atomic E-state index is 0.0163. The minimum Gasteiger partial charge on any atom is -0.461 e. The van der Waals surface area contributed by atoms with E-state index in [1.54, 1.807) is 6.92 Å². The molecule has 0 heterocycles. The standard InChI is InChI=1S/C12H30O5Si4/c1-11(2)12(13)15-8-14-9-18-17-21(6,7)10-19-16-20(3,4)5/h1,8-10,18-19H2,2-7H3. The van der Waals surface area contributed by atoms with Crippen molar-refractivity contribution in [3.8, 4) is 0 Å². The molecule has 0 amide bonds. The van der Waals surface area contributed by atoms with Gasteiger partial charge in [-0.1, -0.05) is 6.58 Å². The number of hydrogen-bond acceptors (Lipinski definition) is 5. The number of esters is 1. The average Bonchev–Trinajstić information content (AvgIpc) is 2.30. The Morgan fingerprint density at radius 3 is 2.24 bits per heavy atom. The molecule has 21 heavy (non-hydrogen) atoms. The van der Waals surface area contributed by atoms with Crippen LogP contribution in [-0.4, -0.2) is 55.2 Å². The number of carbonyl (C=O) groups excluding carboxylic acids is 1. The maximum absolute atomic E-state index is 11.1. The van der Waals surface area contributed by atoms with Crippen LogP contribution in [0.25, 0.3) is 0 Å². The molecule has 0 fully saturated rings. The molecule has 0 radical (unpaired) electrons. The quantitative estimate of drug-likeness (QED) is 0.181. The van der Waals surface area contributed by atoms with E-state index in [0.717, 1.165) is 5.67 Å². The van der Waals surface area contributed by atoms with Gasteiger partial charge in [0.05, 0.1) is 6.23 Å². The molecule has 0 bridgehead atoms. The second-order valence-corrected chi connectivity index (χ2v) is 19.8. The lowest BCUT2D eigenvalue weighted by molar-refractivity contribution is -0.150. The van der Waals surface area contributed by atoms with Crippen molar-refractivity contribution in [2.45, 2.75) is 45.3 Å². The molecule has 0 unspecified atom stereocenters. The van der Waals surface area contributed by atoms with E-state index >= 15 is 0 Å². The van der Waals surface area contributed by atoms with Crippen LogP contribution in [0.1, 0.15) is 6.92 Å². The fourth-order valence-electron chi connectivity index (χ4n) is 1.33. The summed E-state index contributed by atoms with van der Waals surface area (Å²) in [5.41, 5.74) is 1.53. The molecule has 5 nitrogen and oxygen atoms in total. The highest BCUT2D eigenvalue weighted by atomic mass is 28.4. The smallest absolute Gasteiger partial charge is 0.335 e. The molecule has 0 aromatic rings. The average molecular weight is 367 g/mol. The van der Waals surface area contributed by atoms with Crippen molar-refractivity contribution >= 4 is 42.1 Å². The first-order valence-corrected chi connectivity index (χ1v) is 16.9. The lowest BCUT2D eigenvalue weighted by Crippen LogP contribution is -2.38. The van der Waals surface area contributed by atoms with Crippen molar-refractivity contribution in [1.29, 1.82) is 0 Å². The van der Waals surface area contributed by atoms with Crippen LogP contribution in [0.2, 0.25) is 38.4 Å². The Hall–Kier alpha value is -0.0425. The zero-order chi connectivity index (χ0) is 16.5. The van der Waals surface area contributed by atoms with Gasteiger partial charge in [-0.2, -0.15) is 0 Å². The lowest BCUT2D eigenvalue weighted by Gasteiger charge is -2.25. The van der Waals surface area contributed by atoms with Crippen LogP contribution in [0.4, 0.5) is 0 Å². The van der Waals surface area contributed by atoms with Crippen molar-refractivity contribution < 1.29 is 22.5 Å². The molecule has 0 saturated heterocycles. The minimum atomic E-state index is -1.58. The van der Waals surface area contributed by atoms with E-state index in [-0.39, 0.29) is 6.79 Å². The first-order chi connectivity index (χ1) is 9.53. The normalized spacial score (nSPS) is 13.4. The highest BCUT2D eigenvalue weighted by molar-refractivity contribution is 6.83. The highest BCUT2D eigenvalue weighted by Crippen LogP contribution is 2.11. The monoisotopic (exact) mass is 366 g/mol. The summed E-state index contributed by atoms with van der Waals surface area (Å²) in [6.07, 6.45) is 0.566. The van der Waals surface area contributed by atoms with Gasteiger partial charge in [-0.15, -0.1) is 0 Å². The predicted octanol–water partition coefficient (Wildman–Crippen LogP) is 1.24. The van der Waals surface area contributed by atoms with Gasteiger partial charge >= 0.3 is 5.97 Å². The number of hydrogen-bond donors (Lipinski definition) is 0. The third-order valence-electron chi connectivity index (χ3n) is 2.58. The SMILES string of the molecule is C=C(C)C(=O)OCOC[SiH2]O[Si](C)(C)C[SiH2]O[Si](C)(C)C. The van der Waals surface area contributed by atoms with Crippen molar-refractivity contribution in [3.05, 3.63) is 12.2 Å². The van der Waals surface area contributed by atoms with Crippen LogP contribution in [-0.2, 0) is 22.5 Å². The molecule has 0 aliphatic rings. The van der Waals surface area contributed by atoms with E-state index in [9.17, 15) is 4.79 Å². The zero-order valence-electron chi connectivity index (χ0n) is 14.3. The second kappa shape index (κ2) is 9.87. The second-order valence-electron chi connectivity index (χ2n) is 6.56. The van der Waals surface area contributed by atoms with Crippen LogP contribution in [0.3, 0.4) is 0 Å². The summed E-state index contributed by atoms with van der Waals surface area (Å²) in [6, 6.07) is 0. The first-order valence-electron chi connectivity index (χ1n) is 7.22. The van der Waals surface area contributed by atoms with Gasteiger partial charge in [0.25, 0.3) is 0 Å². The third kappa shape index (κ3) is 13.3. The van der Waals surface area contributed by atoms with Crippen LogP contribution < -0.4 is 0 Å². The summed E-state index contributed by atoms with van der Waals surface area (Å²) in [6.45, 7) is 16.3. The van der Waals surface area contributed by atoms with Crippen molar-refractivity contribution in [2.24, 2.45) is 0 Å². The van der Waals surface area contributed by atoms with E-state index in [1.165, 1.54) is 0 Å². The van der Waals surface area contributed by atoms with Crippen LogP contribution in [0, 0.1) is 0 Å². The largest absolute Gasteiger partial charge is 0.461 e. The highest BCUT2D eigenvalue weighted by Gasteiger charge is 2.23. The van der Waals surface area contributed by atoms with E-state index in [1.807, 2.05) is 0 Å². The Morgan fingerprint density at radius 1 is 1.10 bits per heavy atom. The summed E-state index contributed by atoms with van der Waals surface area (Å²) >= 11 is 0. The molecule has 0 rings (SSSR count). The third-order valence-corrected chi connectivity index (χ3v) is 16.9. The molecule has 124 valence electrons. The summed E-state index contributed by atoms with van der Waals surface area (Å²) in [7, 11) is -4.13. The van der Waals surface area contributed by atoms with E-state index in [4.69, 9.17) is 17.7 Å². The molecule has 0 aromatic carbocycles. The van der Waals surface area contributed by atoms with Crippen LogP contribution >= 0.6 is 0 Å². The molecule has 0 aromatic heterocycles. The van der Waals surface area contributed by atoms with Crippen molar-refractivity contribution in [2.75, 3.05) is 13.0 Å². The van der Waals surface area contributed by atoms with Crippen LogP contribution in [0.5, 0.6) is 0 Å². The fraction of sp³-hybridized carbons (Fsp3) is 0.750. The van der Waals surface area contributed by atoms with Gasteiger partial charge in [0.2, 0.25) is 0 Å². The maximum atomic E-state index is 11.1. The van der Waals surface area contributed by atoms with E-state index in [0.29, 0.717) is 11.8 Å². The summed E-state index contributed by atoms with van der Waals surface area (Å²) in [5, 5.41) is 0. The molecule has 0 N–H and O–H groups in total. The first kappa shape index (κ1) is 21.0. The number of rotatable bonds is 11. The van der Waals surface area contributed by atoms with Gasteiger partial charge in [-0.25, -0.2) is 4.79 Å².